The van der Waals surface area contributed by atoms with Crippen LogP contribution in [0.1, 0.15) is 33.1 Å². The molecule has 1 unspecified atom stereocenters. The van der Waals surface area contributed by atoms with E-state index in [9.17, 15) is 18.0 Å². The molecule has 31 heavy (non-hydrogen) atoms. The smallest absolute Gasteiger partial charge is 0.336 e. The van der Waals surface area contributed by atoms with Crippen LogP contribution in [-0.2, 0) is 6.18 Å². The first-order valence-electron chi connectivity index (χ1n) is 9.94. The molecule has 0 bridgehead atoms. The van der Waals surface area contributed by atoms with Crippen LogP contribution >= 0.6 is 0 Å². The Hall–Kier alpha value is -3.26. The maximum Gasteiger partial charge on any atom is 0.417 e. The summed E-state index contributed by atoms with van der Waals surface area (Å²) >= 11 is 0. The number of rotatable bonds is 4. The van der Waals surface area contributed by atoms with E-state index < -0.39 is 17.6 Å². The first-order chi connectivity index (χ1) is 14.9. The highest BCUT2D eigenvalue weighted by atomic mass is 19.4. The number of alkyl halides is 3. The zero-order valence-electron chi connectivity index (χ0n) is 16.7. The molecule has 8 heteroatoms. The van der Waals surface area contributed by atoms with Gasteiger partial charge < -0.3 is 4.90 Å². The molecule has 160 valence electrons. The quantitative estimate of drug-likeness (QED) is 0.632. The molecular formula is C23H21F3N4O. The molecule has 1 aliphatic heterocycles. The van der Waals surface area contributed by atoms with Gasteiger partial charge in [0, 0.05) is 51.0 Å². The number of hydrogen-bond donors (Lipinski definition) is 0. The Morgan fingerprint density at radius 3 is 2.23 bits per heavy atom. The molecule has 2 aromatic heterocycles. The number of hydrogen-bond acceptors (Lipinski definition) is 4. The van der Waals surface area contributed by atoms with Crippen LogP contribution in [0.4, 0.5) is 13.2 Å². The van der Waals surface area contributed by atoms with Crippen LogP contribution in [0.25, 0.3) is 0 Å². The summed E-state index contributed by atoms with van der Waals surface area (Å²) in [7, 11) is 0. The van der Waals surface area contributed by atoms with E-state index in [0.717, 1.165) is 23.4 Å². The molecule has 1 aromatic carbocycles. The molecule has 0 aliphatic carbocycles. The third-order valence-corrected chi connectivity index (χ3v) is 5.39. The van der Waals surface area contributed by atoms with Crippen molar-refractivity contribution in [3.63, 3.8) is 0 Å². The average Bonchev–Trinajstić information content (AvgIpc) is 2.80. The summed E-state index contributed by atoms with van der Waals surface area (Å²) in [6, 6.07) is 14.8. The van der Waals surface area contributed by atoms with Gasteiger partial charge in [-0.05, 0) is 23.3 Å². The fraction of sp³-hybridized carbons (Fsp3) is 0.261. The van der Waals surface area contributed by atoms with Crippen molar-refractivity contribution in [2.24, 2.45) is 0 Å². The number of nitrogens with zero attached hydrogens (tertiary/aromatic N) is 4. The monoisotopic (exact) mass is 426 g/mol. The first-order valence-corrected chi connectivity index (χ1v) is 9.94. The van der Waals surface area contributed by atoms with Gasteiger partial charge in [0.2, 0.25) is 0 Å². The summed E-state index contributed by atoms with van der Waals surface area (Å²) in [6.45, 7) is 2.01. The lowest BCUT2D eigenvalue weighted by Crippen LogP contribution is -2.49. The number of carbonyl (C=O) groups is 1. The minimum atomic E-state index is -4.53. The molecule has 1 saturated heterocycles. The summed E-state index contributed by atoms with van der Waals surface area (Å²) in [6.07, 6.45) is 0.947. The second-order valence-corrected chi connectivity index (χ2v) is 7.39. The molecule has 1 atom stereocenters. The van der Waals surface area contributed by atoms with E-state index >= 15 is 0 Å². The van der Waals surface area contributed by atoms with Crippen LogP contribution in [0.15, 0.2) is 73.3 Å². The van der Waals surface area contributed by atoms with Crippen molar-refractivity contribution in [1.29, 1.82) is 0 Å². The predicted molar refractivity (Wildman–Crippen MR) is 109 cm³/mol. The fourth-order valence-electron chi connectivity index (χ4n) is 3.86. The van der Waals surface area contributed by atoms with Crippen molar-refractivity contribution in [2.75, 3.05) is 26.2 Å². The van der Waals surface area contributed by atoms with Crippen LogP contribution < -0.4 is 0 Å². The lowest BCUT2D eigenvalue weighted by molar-refractivity contribution is -0.137. The molecule has 5 nitrogen and oxygen atoms in total. The van der Waals surface area contributed by atoms with E-state index in [1.54, 1.807) is 11.1 Å². The van der Waals surface area contributed by atoms with Crippen molar-refractivity contribution in [1.82, 2.24) is 19.8 Å². The van der Waals surface area contributed by atoms with E-state index in [4.69, 9.17) is 0 Å². The van der Waals surface area contributed by atoms with Crippen molar-refractivity contribution in [3.05, 3.63) is 95.6 Å². The molecule has 0 N–H and O–H groups in total. The van der Waals surface area contributed by atoms with E-state index in [1.165, 1.54) is 6.20 Å². The fourth-order valence-corrected chi connectivity index (χ4v) is 3.86. The molecule has 3 heterocycles. The number of carbonyl (C=O) groups excluding carboxylic acids is 1. The third-order valence-electron chi connectivity index (χ3n) is 5.39. The van der Waals surface area contributed by atoms with Gasteiger partial charge in [-0.3, -0.25) is 19.7 Å². The topological polar surface area (TPSA) is 49.3 Å². The molecule has 4 rings (SSSR count). The van der Waals surface area contributed by atoms with Gasteiger partial charge in [-0.1, -0.05) is 36.4 Å². The lowest BCUT2D eigenvalue weighted by Gasteiger charge is -2.39. The van der Waals surface area contributed by atoms with Gasteiger partial charge >= 0.3 is 6.18 Å². The maximum absolute atomic E-state index is 13.0. The Bertz CT molecular complexity index is 980. The molecule has 0 saturated carbocycles. The Labute approximate surface area is 178 Å². The SMILES string of the molecule is O=C(c1cncc(C(F)(F)F)c1)N1CCN(C(c2ccccc2)c2cccnc2)CC1. The second kappa shape index (κ2) is 8.85. The van der Waals surface area contributed by atoms with Crippen LogP contribution in [0.2, 0.25) is 0 Å². The van der Waals surface area contributed by atoms with E-state index in [0.29, 0.717) is 26.2 Å². The van der Waals surface area contributed by atoms with Gasteiger partial charge in [0.1, 0.15) is 0 Å². The summed E-state index contributed by atoms with van der Waals surface area (Å²) in [5, 5.41) is 0. The van der Waals surface area contributed by atoms with E-state index in [2.05, 4.69) is 27.0 Å². The van der Waals surface area contributed by atoms with Gasteiger partial charge in [0.05, 0.1) is 17.2 Å². The number of aromatic nitrogens is 2. The number of pyridine rings is 2. The van der Waals surface area contributed by atoms with Gasteiger partial charge in [0.15, 0.2) is 0 Å². The van der Waals surface area contributed by atoms with Crippen LogP contribution in [0.3, 0.4) is 0 Å². The Morgan fingerprint density at radius 2 is 1.58 bits per heavy atom. The van der Waals surface area contributed by atoms with Gasteiger partial charge in [-0.25, -0.2) is 0 Å². The number of benzene rings is 1. The molecule has 3 aromatic rings. The van der Waals surface area contributed by atoms with E-state index in [-0.39, 0.29) is 11.6 Å². The second-order valence-electron chi connectivity index (χ2n) is 7.39. The first kappa shape index (κ1) is 21.0. The molecular weight excluding hydrogens is 405 g/mol. The lowest BCUT2D eigenvalue weighted by atomic mass is 9.97. The zero-order valence-corrected chi connectivity index (χ0v) is 16.7. The van der Waals surface area contributed by atoms with Gasteiger partial charge in [-0.15, -0.1) is 0 Å². The van der Waals surface area contributed by atoms with Crippen molar-refractivity contribution >= 4 is 5.91 Å². The largest absolute Gasteiger partial charge is 0.417 e. The highest BCUT2D eigenvalue weighted by molar-refractivity contribution is 5.94. The molecule has 0 radical (unpaired) electrons. The van der Waals surface area contributed by atoms with Crippen LogP contribution in [0.5, 0.6) is 0 Å². The molecule has 0 spiro atoms. The maximum atomic E-state index is 13.0. The average molecular weight is 426 g/mol. The zero-order chi connectivity index (χ0) is 21.8. The summed E-state index contributed by atoms with van der Waals surface area (Å²) < 4.78 is 38.9. The number of halogens is 3. The highest BCUT2D eigenvalue weighted by Crippen LogP contribution is 2.31. The number of piperazine rings is 1. The van der Waals surface area contributed by atoms with Crippen LogP contribution in [-0.4, -0.2) is 51.9 Å². The van der Waals surface area contributed by atoms with Crippen molar-refractivity contribution in [2.45, 2.75) is 12.2 Å². The van der Waals surface area contributed by atoms with E-state index in [1.807, 2.05) is 36.5 Å². The highest BCUT2D eigenvalue weighted by Gasteiger charge is 2.33. The molecule has 1 amide bonds. The van der Waals surface area contributed by atoms with Gasteiger partial charge in [0.25, 0.3) is 5.91 Å². The molecule has 1 fully saturated rings. The third kappa shape index (κ3) is 4.74. The summed E-state index contributed by atoms with van der Waals surface area (Å²) in [5.74, 6) is -0.434. The Morgan fingerprint density at radius 1 is 0.871 bits per heavy atom. The molecule has 1 aliphatic rings. The summed E-state index contributed by atoms with van der Waals surface area (Å²) in [5.41, 5.74) is 1.21. The summed E-state index contributed by atoms with van der Waals surface area (Å²) in [4.78, 5) is 24.5. The van der Waals surface area contributed by atoms with Crippen molar-refractivity contribution in [3.8, 4) is 0 Å². The normalized spacial score (nSPS) is 16.2. The minimum Gasteiger partial charge on any atom is -0.336 e. The van der Waals surface area contributed by atoms with Crippen LogP contribution in [0, 0.1) is 0 Å². The van der Waals surface area contributed by atoms with Gasteiger partial charge in [-0.2, -0.15) is 13.2 Å². The standard InChI is InChI=1S/C23H21F3N4O/c24-23(25,26)20-13-19(15-28-16-20)22(31)30-11-9-29(10-12-30)21(17-5-2-1-3-6-17)18-7-4-8-27-14-18/h1-8,13-16,21H,9-12H2. The Balaban J connectivity index is 1.50. The van der Waals surface area contributed by atoms with Crippen molar-refractivity contribution < 1.29 is 18.0 Å². The minimum absolute atomic E-state index is 0.0117. The predicted octanol–water partition coefficient (Wildman–Crippen LogP) is 4.04. The number of amides is 1. The Kier molecular flexibility index (Phi) is 5.99.